The zero-order valence-corrected chi connectivity index (χ0v) is 8.55. The van der Waals surface area contributed by atoms with E-state index in [0.29, 0.717) is 32.1 Å². The van der Waals surface area contributed by atoms with Crippen molar-refractivity contribution in [3.05, 3.63) is 18.2 Å². The number of carbonyl (C=O) groups excluding carboxylic acids is 1. The highest BCUT2D eigenvalue weighted by molar-refractivity contribution is 5.68. The first kappa shape index (κ1) is 9.97. The van der Waals surface area contributed by atoms with E-state index in [1.54, 1.807) is 24.2 Å². The summed E-state index contributed by atoms with van der Waals surface area (Å²) in [5.74, 6) is 0.650. The number of hydrogen-bond acceptors (Lipinski definition) is 4. The van der Waals surface area contributed by atoms with Gasteiger partial charge in [-0.15, -0.1) is 0 Å². The summed E-state index contributed by atoms with van der Waals surface area (Å²) in [7, 11) is 0. The Morgan fingerprint density at radius 1 is 1.53 bits per heavy atom. The summed E-state index contributed by atoms with van der Waals surface area (Å²) in [5, 5.41) is 0. The van der Waals surface area contributed by atoms with Crippen molar-refractivity contribution >= 4 is 6.09 Å². The highest BCUT2D eigenvalue weighted by Gasteiger charge is 2.19. The normalized spacial score (nSPS) is 16.5. The lowest BCUT2D eigenvalue weighted by atomic mass is 10.5. The number of ether oxygens (including phenoxy) is 1. The van der Waals surface area contributed by atoms with E-state index in [4.69, 9.17) is 9.57 Å². The summed E-state index contributed by atoms with van der Waals surface area (Å²) in [6.07, 6.45) is 2.83. The molecular weight excluding hydrogens is 198 g/mol. The molecule has 6 heteroatoms. The van der Waals surface area contributed by atoms with Crippen LogP contribution in [0.5, 0.6) is 0 Å². The van der Waals surface area contributed by atoms with Crippen LogP contribution in [0.4, 0.5) is 4.79 Å². The molecule has 82 valence electrons. The first-order chi connectivity index (χ1) is 7.27. The van der Waals surface area contributed by atoms with E-state index >= 15 is 0 Å². The zero-order valence-electron chi connectivity index (χ0n) is 8.55. The molecule has 1 aromatic heterocycles. The summed E-state index contributed by atoms with van der Waals surface area (Å²) >= 11 is 0. The van der Waals surface area contributed by atoms with Crippen molar-refractivity contribution in [2.45, 2.75) is 6.92 Å². The van der Waals surface area contributed by atoms with Crippen LogP contribution in [-0.4, -0.2) is 47.0 Å². The minimum Gasteiger partial charge on any atom is -0.378 e. The van der Waals surface area contributed by atoms with Crippen molar-refractivity contribution < 1.29 is 14.4 Å². The Bertz CT molecular complexity index is 344. The number of morpholine rings is 1. The molecule has 0 unspecified atom stereocenters. The molecule has 1 fully saturated rings. The number of amides is 1. The largest absolute Gasteiger partial charge is 0.434 e. The van der Waals surface area contributed by atoms with Gasteiger partial charge in [-0.2, -0.15) is 4.73 Å². The van der Waals surface area contributed by atoms with E-state index in [-0.39, 0.29) is 6.09 Å². The Morgan fingerprint density at radius 3 is 2.87 bits per heavy atom. The molecule has 2 rings (SSSR count). The molecule has 0 saturated carbocycles. The van der Waals surface area contributed by atoms with Gasteiger partial charge in [-0.25, -0.2) is 9.78 Å². The maximum absolute atomic E-state index is 11.6. The van der Waals surface area contributed by atoms with E-state index in [1.807, 2.05) is 0 Å². The molecule has 1 aromatic rings. The minimum atomic E-state index is -0.362. The third-order valence-electron chi connectivity index (χ3n) is 2.23. The lowest BCUT2D eigenvalue weighted by Crippen LogP contribution is -2.44. The van der Waals surface area contributed by atoms with E-state index in [2.05, 4.69) is 4.98 Å². The quantitative estimate of drug-likeness (QED) is 0.659. The first-order valence-corrected chi connectivity index (χ1v) is 4.82. The van der Waals surface area contributed by atoms with Crippen LogP contribution in [0, 0.1) is 6.92 Å². The number of aryl methyl sites for hydroxylation is 1. The topological polar surface area (TPSA) is 56.6 Å². The van der Waals surface area contributed by atoms with Crippen LogP contribution in [-0.2, 0) is 4.74 Å². The smallest absolute Gasteiger partial charge is 0.378 e. The lowest BCUT2D eigenvalue weighted by molar-refractivity contribution is 0.0237. The van der Waals surface area contributed by atoms with Gasteiger partial charge in [0.15, 0.2) is 0 Å². The van der Waals surface area contributed by atoms with Gasteiger partial charge in [0.2, 0.25) is 0 Å². The van der Waals surface area contributed by atoms with Crippen LogP contribution in [0.2, 0.25) is 0 Å². The molecule has 0 aromatic carbocycles. The van der Waals surface area contributed by atoms with Crippen molar-refractivity contribution in [1.29, 1.82) is 0 Å². The molecular formula is C9H13N3O3. The van der Waals surface area contributed by atoms with Gasteiger partial charge >= 0.3 is 6.09 Å². The predicted molar refractivity (Wildman–Crippen MR) is 51.3 cm³/mol. The van der Waals surface area contributed by atoms with E-state index in [1.165, 1.54) is 4.73 Å². The highest BCUT2D eigenvalue weighted by Crippen LogP contribution is 1.99. The first-order valence-electron chi connectivity index (χ1n) is 4.82. The highest BCUT2D eigenvalue weighted by atomic mass is 16.7. The van der Waals surface area contributed by atoms with Gasteiger partial charge in [0.1, 0.15) is 5.82 Å². The van der Waals surface area contributed by atoms with E-state index in [9.17, 15) is 4.79 Å². The number of nitrogens with zero attached hydrogens (tertiary/aromatic N) is 3. The summed E-state index contributed by atoms with van der Waals surface area (Å²) in [5.41, 5.74) is 0. The molecule has 6 nitrogen and oxygen atoms in total. The SMILES string of the molecule is Cc1nccn1OC(=O)N1CCOCC1. The van der Waals surface area contributed by atoms with Crippen molar-refractivity contribution in [1.82, 2.24) is 14.6 Å². The molecule has 0 atom stereocenters. The van der Waals surface area contributed by atoms with Gasteiger partial charge < -0.3 is 14.5 Å². The number of imidazole rings is 1. The minimum absolute atomic E-state index is 0.362. The predicted octanol–water partition coefficient (Wildman–Crippen LogP) is 0.0723. The van der Waals surface area contributed by atoms with Crippen LogP contribution in [0.15, 0.2) is 12.4 Å². The third-order valence-corrected chi connectivity index (χ3v) is 2.23. The fourth-order valence-electron chi connectivity index (χ4n) is 1.35. The van der Waals surface area contributed by atoms with E-state index < -0.39 is 0 Å². The molecule has 1 amide bonds. The average Bonchev–Trinajstić information content (AvgIpc) is 2.66. The monoisotopic (exact) mass is 211 g/mol. The van der Waals surface area contributed by atoms with Gasteiger partial charge in [0.25, 0.3) is 0 Å². The van der Waals surface area contributed by atoms with Crippen LogP contribution < -0.4 is 4.84 Å². The number of aromatic nitrogens is 2. The Balaban J connectivity index is 1.94. The molecule has 0 radical (unpaired) electrons. The molecule has 0 bridgehead atoms. The second-order valence-electron chi connectivity index (χ2n) is 3.26. The third kappa shape index (κ3) is 2.27. The van der Waals surface area contributed by atoms with Gasteiger partial charge in [0.05, 0.1) is 19.4 Å². The molecule has 1 saturated heterocycles. The van der Waals surface area contributed by atoms with Crippen LogP contribution in [0.3, 0.4) is 0 Å². The summed E-state index contributed by atoms with van der Waals surface area (Å²) in [4.78, 5) is 22.3. The van der Waals surface area contributed by atoms with Crippen molar-refractivity contribution in [3.63, 3.8) is 0 Å². The molecule has 0 N–H and O–H groups in total. The summed E-state index contributed by atoms with van der Waals surface area (Å²) < 4.78 is 6.50. The van der Waals surface area contributed by atoms with Gasteiger partial charge in [-0.05, 0) is 6.92 Å². The average molecular weight is 211 g/mol. The maximum atomic E-state index is 11.6. The Morgan fingerprint density at radius 2 is 2.27 bits per heavy atom. The van der Waals surface area contributed by atoms with Gasteiger partial charge in [-0.3, -0.25) is 0 Å². The maximum Gasteiger partial charge on any atom is 0.434 e. The van der Waals surface area contributed by atoms with Crippen LogP contribution >= 0.6 is 0 Å². The summed E-state index contributed by atoms with van der Waals surface area (Å²) in [6.45, 7) is 4.06. The number of rotatable bonds is 1. The number of hydrogen-bond donors (Lipinski definition) is 0. The number of carbonyl (C=O) groups is 1. The molecule has 1 aliphatic heterocycles. The van der Waals surface area contributed by atoms with E-state index in [0.717, 1.165) is 0 Å². The molecule has 1 aliphatic rings. The Labute approximate surface area is 87.4 Å². The molecule has 0 spiro atoms. The van der Waals surface area contributed by atoms with Crippen molar-refractivity contribution in [2.24, 2.45) is 0 Å². The fraction of sp³-hybridized carbons (Fsp3) is 0.556. The molecule has 2 heterocycles. The zero-order chi connectivity index (χ0) is 10.7. The molecule has 0 aliphatic carbocycles. The second-order valence-corrected chi connectivity index (χ2v) is 3.26. The lowest BCUT2D eigenvalue weighted by Gasteiger charge is -2.25. The van der Waals surface area contributed by atoms with Crippen LogP contribution in [0.1, 0.15) is 5.82 Å². The standard InChI is InChI=1S/C9H13N3O3/c1-8-10-2-3-12(8)15-9(13)11-4-6-14-7-5-11/h2-3H,4-7H2,1H3. The van der Waals surface area contributed by atoms with Gasteiger partial charge in [-0.1, -0.05) is 0 Å². The van der Waals surface area contributed by atoms with Crippen molar-refractivity contribution in [3.8, 4) is 0 Å². The second kappa shape index (κ2) is 4.31. The van der Waals surface area contributed by atoms with Gasteiger partial charge in [0, 0.05) is 19.3 Å². The summed E-state index contributed by atoms with van der Waals surface area (Å²) in [6, 6.07) is 0. The van der Waals surface area contributed by atoms with Crippen LogP contribution in [0.25, 0.3) is 0 Å². The fourth-order valence-corrected chi connectivity index (χ4v) is 1.35. The molecule has 15 heavy (non-hydrogen) atoms. The van der Waals surface area contributed by atoms with Crippen molar-refractivity contribution in [2.75, 3.05) is 26.3 Å². The Kier molecular flexibility index (Phi) is 2.86. The Hall–Kier alpha value is -1.56.